The van der Waals surface area contributed by atoms with E-state index in [2.05, 4.69) is 4.98 Å². The van der Waals surface area contributed by atoms with Gasteiger partial charge in [-0.3, -0.25) is 14.6 Å². The first-order valence-electron chi connectivity index (χ1n) is 8.86. The van der Waals surface area contributed by atoms with E-state index in [1.807, 2.05) is 37.3 Å². The number of hydrogen-bond donors (Lipinski definition) is 0. The van der Waals surface area contributed by atoms with E-state index >= 15 is 0 Å². The summed E-state index contributed by atoms with van der Waals surface area (Å²) >= 11 is 0. The number of aromatic nitrogens is 1. The van der Waals surface area contributed by atoms with Crippen molar-refractivity contribution in [1.82, 2.24) is 14.8 Å². The highest BCUT2D eigenvalue weighted by Crippen LogP contribution is 2.10. The maximum absolute atomic E-state index is 12.5. The fourth-order valence-corrected chi connectivity index (χ4v) is 2.96. The van der Waals surface area contributed by atoms with Crippen LogP contribution < -0.4 is 0 Å². The Labute approximate surface area is 154 Å². The van der Waals surface area contributed by atoms with Crippen LogP contribution in [0.5, 0.6) is 0 Å². The maximum Gasteiger partial charge on any atom is 0.255 e. The van der Waals surface area contributed by atoms with Crippen molar-refractivity contribution in [3.05, 3.63) is 71.6 Å². The Hall–Kier alpha value is -2.95. The average Bonchev–Trinajstić information content (AvgIpc) is 2.94. The molecule has 134 valence electrons. The van der Waals surface area contributed by atoms with Gasteiger partial charge in [0.2, 0.25) is 5.91 Å². The molecule has 0 radical (unpaired) electrons. The fourth-order valence-electron chi connectivity index (χ4n) is 2.96. The number of nitrogens with zero attached hydrogens (tertiary/aromatic N) is 3. The summed E-state index contributed by atoms with van der Waals surface area (Å²) in [6.45, 7) is 4.43. The lowest BCUT2D eigenvalue weighted by molar-refractivity contribution is -0.125. The number of carbonyl (C=O) groups excluding carboxylic acids is 2. The molecule has 0 saturated carbocycles. The van der Waals surface area contributed by atoms with Gasteiger partial charge in [-0.2, -0.15) is 0 Å². The summed E-state index contributed by atoms with van der Waals surface area (Å²) in [5.74, 6) is -0.0381. The van der Waals surface area contributed by atoms with Crippen LogP contribution in [0, 0.1) is 6.92 Å². The topological polar surface area (TPSA) is 53.5 Å². The third kappa shape index (κ3) is 4.57. The molecule has 1 saturated heterocycles. The fraction of sp³-hybridized carbons (Fsp3) is 0.286. The summed E-state index contributed by atoms with van der Waals surface area (Å²) < 4.78 is 0. The third-order valence-electron chi connectivity index (χ3n) is 4.50. The summed E-state index contributed by atoms with van der Waals surface area (Å²) in [5, 5.41) is 0. The van der Waals surface area contributed by atoms with Crippen molar-refractivity contribution in [1.29, 1.82) is 0 Å². The summed E-state index contributed by atoms with van der Waals surface area (Å²) in [6, 6.07) is 11.6. The number of pyridine rings is 1. The molecule has 2 amide bonds. The van der Waals surface area contributed by atoms with Gasteiger partial charge in [0.1, 0.15) is 0 Å². The van der Waals surface area contributed by atoms with Gasteiger partial charge in [-0.15, -0.1) is 0 Å². The first-order valence-corrected chi connectivity index (χ1v) is 8.86. The molecule has 1 aromatic carbocycles. The van der Waals surface area contributed by atoms with Gasteiger partial charge in [-0.05, 0) is 37.1 Å². The molecule has 2 aromatic rings. The van der Waals surface area contributed by atoms with E-state index in [0.717, 1.165) is 12.0 Å². The Morgan fingerprint density at radius 2 is 1.73 bits per heavy atom. The van der Waals surface area contributed by atoms with Crippen LogP contribution >= 0.6 is 0 Å². The van der Waals surface area contributed by atoms with Crippen molar-refractivity contribution in [3.63, 3.8) is 0 Å². The number of benzene rings is 1. The minimum Gasteiger partial charge on any atom is -0.337 e. The number of carbonyl (C=O) groups is 2. The molecule has 0 aliphatic carbocycles. The van der Waals surface area contributed by atoms with Gasteiger partial charge in [0.05, 0.1) is 5.56 Å². The zero-order valence-corrected chi connectivity index (χ0v) is 15.0. The molecule has 0 N–H and O–H groups in total. The average molecular weight is 349 g/mol. The van der Waals surface area contributed by atoms with E-state index in [-0.39, 0.29) is 11.8 Å². The molecule has 2 heterocycles. The molecular weight excluding hydrogens is 326 g/mol. The third-order valence-corrected chi connectivity index (χ3v) is 4.50. The monoisotopic (exact) mass is 349 g/mol. The molecule has 3 rings (SSSR count). The molecular formula is C21H23N3O2. The number of amides is 2. The lowest BCUT2D eigenvalue weighted by atomic mass is 10.1. The van der Waals surface area contributed by atoms with Gasteiger partial charge in [0, 0.05) is 44.6 Å². The molecule has 5 heteroatoms. The summed E-state index contributed by atoms with van der Waals surface area (Å²) in [7, 11) is 0. The van der Waals surface area contributed by atoms with Crippen molar-refractivity contribution in [2.45, 2.75) is 13.3 Å². The Bertz CT molecular complexity index is 785. The molecule has 0 atom stereocenters. The second-order valence-corrected chi connectivity index (χ2v) is 6.46. The number of rotatable bonds is 3. The van der Waals surface area contributed by atoms with Gasteiger partial charge < -0.3 is 9.80 Å². The highest BCUT2D eigenvalue weighted by Gasteiger charge is 2.21. The van der Waals surface area contributed by atoms with E-state index in [4.69, 9.17) is 0 Å². The molecule has 1 fully saturated rings. The molecule has 0 spiro atoms. The van der Waals surface area contributed by atoms with Crippen LogP contribution in [-0.4, -0.2) is 52.8 Å². The number of aryl methyl sites for hydroxylation is 1. The van der Waals surface area contributed by atoms with E-state index in [0.29, 0.717) is 31.7 Å². The SMILES string of the molecule is Cc1ccc(/C=C/C(=O)N2CCCN(C(=O)c3cccnc3)CC2)cc1. The first-order chi connectivity index (χ1) is 12.6. The highest BCUT2D eigenvalue weighted by molar-refractivity contribution is 5.94. The second kappa shape index (κ2) is 8.43. The van der Waals surface area contributed by atoms with Gasteiger partial charge in [0.15, 0.2) is 0 Å². The smallest absolute Gasteiger partial charge is 0.255 e. The van der Waals surface area contributed by atoms with Crippen LogP contribution in [0.2, 0.25) is 0 Å². The molecule has 5 nitrogen and oxygen atoms in total. The molecule has 1 aliphatic heterocycles. The van der Waals surface area contributed by atoms with E-state index in [1.54, 1.807) is 40.4 Å². The molecule has 1 aromatic heterocycles. The quantitative estimate of drug-likeness (QED) is 0.801. The normalized spacial score (nSPS) is 15.1. The van der Waals surface area contributed by atoms with Gasteiger partial charge in [-0.1, -0.05) is 29.8 Å². The largest absolute Gasteiger partial charge is 0.337 e. The Morgan fingerprint density at radius 1 is 1.00 bits per heavy atom. The van der Waals surface area contributed by atoms with Gasteiger partial charge >= 0.3 is 0 Å². The van der Waals surface area contributed by atoms with Crippen molar-refractivity contribution < 1.29 is 9.59 Å². The van der Waals surface area contributed by atoms with E-state index in [9.17, 15) is 9.59 Å². The van der Waals surface area contributed by atoms with Crippen LogP contribution in [0.15, 0.2) is 54.9 Å². The van der Waals surface area contributed by atoms with Crippen LogP contribution in [0.3, 0.4) is 0 Å². The Morgan fingerprint density at radius 3 is 2.46 bits per heavy atom. The van der Waals surface area contributed by atoms with Crippen molar-refractivity contribution in [2.75, 3.05) is 26.2 Å². The molecule has 0 unspecified atom stereocenters. The number of hydrogen-bond acceptors (Lipinski definition) is 3. The minimum atomic E-state index is -0.0254. The van der Waals surface area contributed by atoms with Crippen LogP contribution in [-0.2, 0) is 4.79 Å². The van der Waals surface area contributed by atoms with Crippen LogP contribution in [0.1, 0.15) is 27.9 Å². The summed E-state index contributed by atoms with van der Waals surface area (Å²) in [5.41, 5.74) is 2.79. The Kier molecular flexibility index (Phi) is 5.79. The predicted octanol–water partition coefficient (Wildman–Crippen LogP) is 2.78. The summed E-state index contributed by atoms with van der Waals surface area (Å²) in [4.78, 5) is 32.6. The zero-order valence-electron chi connectivity index (χ0n) is 15.0. The molecule has 1 aliphatic rings. The van der Waals surface area contributed by atoms with Crippen molar-refractivity contribution in [3.8, 4) is 0 Å². The summed E-state index contributed by atoms with van der Waals surface area (Å²) in [6.07, 6.45) is 7.46. The lowest BCUT2D eigenvalue weighted by Gasteiger charge is -2.21. The molecule has 26 heavy (non-hydrogen) atoms. The van der Waals surface area contributed by atoms with Crippen molar-refractivity contribution >= 4 is 17.9 Å². The highest BCUT2D eigenvalue weighted by atomic mass is 16.2. The Balaban J connectivity index is 1.58. The van der Waals surface area contributed by atoms with Crippen LogP contribution in [0.25, 0.3) is 6.08 Å². The molecule has 0 bridgehead atoms. The predicted molar refractivity (Wildman–Crippen MR) is 102 cm³/mol. The van der Waals surface area contributed by atoms with E-state index in [1.165, 1.54) is 5.56 Å². The lowest BCUT2D eigenvalue weighted by Crippen LogP contribution is -2.36. The first kappa shape index (κ1) is 17.9. The zero-order chi connectivity index (χ0) is 18.4. The standard InChI is InChI=1S/C21H23N3O2/c1-17-5-7-18(8-6-17)9-10-20(25)23-12-3-13-24(15-14-23)21(26)19-4-2-11-22-16-19/h2,4-11,16H,3,12-15H2,1H3/b10-9+. The minimum absolute atomic E-state index is 0.0127. The van der Waals surface area contributed by atoms with Gasteiger partial charge in [-0.25, -0.2) is 0 Å². The second-order valence-electron chi connectivity index (χ2n) is 6.46. The maximum atomic E-state index is 12.5. The van der Waals surface area contributed by atoms with Crippen molar-refractivity contribution in [2.24, 2.45) is 0 Å². The van der Waals surface area contributed by atoms with Crippen LogP contribution in [0.4, 0.5) is 0 Å². The van der Waals surface area contributed by atoms with E-state index < -0.39 is 0 Å². The van der Waals surface area contributed by atoms with Gasteiger partial charge in [0.25, 0.3) is 5.91 Å².